The molecule has 0 unspecified atom stereocenters. The van der Waals surface area contributed by atoms with Gasteiger partial charge in [0.2, 0.25) is 0 Å². The van der Waals surface area contributed by atoms with E-state index in [1.54, 1.807) is 0 Å². The van der Waals surface area contributed by atoms with E-state index in [4.69, 9.17) is 0 Å². The summed E-state index contributed by atoms with van der Waals surface area (Å²) in [6, 6.07) is 21.8. The van der Waals surface area contributed by atoms with Gasteiger partial charge in [-0.05, 0) is 42.3 Å². The van der Waals surface area contributed by atoms with Gasteiger partial charge in [-0.2, -0.15) is 0 Å². The summed E-state index contributed by atoms with van der Waals surface area (Å²) in [5.74, 6) is 0. The van der Waals surface area contributed by atoms with Gasteiger partial charge < -0.3 is 4.98 Å². The molecule has 0 aliphatic carbocycles. The van der Waals surface area contributed by atoms with Crippen molar-refractivity contribution in [3.63, 3.8) is 0 Å². The quantitative estimate of drug-likeness (QED) is 0.335. The highest BCUT2D eigenvalue weighted by molar-refractivity contribution is 7.26. The van der Waals surface area contributed by atoms with Crippen LogP contribution in [0.3, 0.4) is 0 Å². The Balaban J connectivity index is 1.86. The first kappa shape index (κ1) is 16.1. The normalized spacial score (nSPS) is 11.9. The maximum absolute atomic E-state index is 3.98. The van der Waals surface area contributed by atoms with Crippen LogP contribution in [0.4, 0.5) is 0 Å². The van der Waals surface area contributed by atoms with E-state index in [2.05, 4.69) is 91.3 Å². The summed E-state index contributed by atoms with van der Waals surface area (Å²) in [5, 5.41) is 3.94. The van der Waals surface area contributed by atoms with Crippen LogP contribution in [0.5, 0.6) is 0 Å². The van der Waals surface area contributed by atoms with E-state index in [0.29, 0.717) is 0 Å². The average Bonchev–Trinajstić information content (AvgIpc) is 3.26. The fraction of sp³-hybridized carbons (Fsp3) is 0.0400. The zero-order chi connectivity index (χ0) is 18.4. The molecule has 1 nitrogen and oxygen atoms in total. The first-order chi connectivity index (χ1) is 13.3. The highest BCUT2D eigenvalue weighted by Gasteiger charge is 2.14. The predicted octanol–water partition coefficient (Wildman–Crippen LogP) is 7.88. The molecule has 0 aliphatic heterocycles. The second kappa shape index (κ2) is 6.26. The molecular formula is C25H19NS. The van der Waals surface area contributed by atoms with Crippen LogP contribution in [0, 0.1) is 0 Å². The molecule has 0 fully saturated rings. The Labute approximate surface area is 162 Å². The van der Waals surface area contributed by atoms with E-state index in [0.717, 1.165) is 5.69 Å². The largest absolute Gasteiger partial charge is 0.354 e. The van der Waals surface area contributed by atoms with E-state index in [1.807, 2.05) is 17.4 Å². The Morgan fingerprint density at radius 3 is 2.56 bits per heavy atom. The molecule has 0 aliphatic rings. The van der Waals surface area contributed by atoms with Crippen LogP contribution in [0.15, 0.2) is 73.3 Å². The van der Waals surface area contributed by atoms with Gasteiger partial charge in [-0.25, -0.2) is 0 Å². The second-order valence-corrected chi connectivity index (χ2v) is 7.75. The summed E-state index contributed by atoms with van der Waals surface area (Å²) in [6.07, 6.45) is 6.17. The molecule has 0 spiro atoms. The van der Waals surface area contributed by atoms with Gasteiger partial charge in [0.25, 0.3) is 0 Å². The third-order valence-corrected chi connectivity index (χ3v) is 6.32. The zero-order valence-corrected chi connectivity index (χ0v) is 15.9. The third kappa shape index (κ3) is 2.45. The van der Waals surface area contributed by atoms with Crippen LogP contribution in [-0.4, -0.2) is 4.98 Å². The third-order valence-electron chi connectivity index (χ3n) is 5.11. The number of aromatic nitrogens is 1. The zero-order valence-electron chi connectivity index (χ0n) is 15.1. The molecule has 2 heteroatoms. The van der Waals surface area contributed by atoms with Crippen molar-refractivity contribution in [1.29, 1.82) is 0 Å². The Kier molecular flexibility index (Phi) is 3.73. The Morgan fingerprint density at radius 2 is 1.78 bits per heavy atom. The van der Waals surface area contributed by atoms with E-state index in [-0.39, 0.29) is 0 Å². The maximum Gasteiger partial charge on any atom is 0.0479 e. The monoisotopic (exact) mass is 365 g/mol. The fourth-order valence-corrected chi connectivity index (χ4v) is 5.11. The number of H-pyrrole nitrogens is 1. The molecule has 130 valence electrons. The molecule has 0 saturated heterocycles. The number of hydrogen-bond acceptors (Lipinski definition) is 1. The Morgan fingerprint density at radius 1 is 0.926 bits per heavy atom. The molecule has 0 radical (unpaired) electrons. The van der Waals surface area contributed by atoms with Gasteiger partial charge in [-0.1, -0.05) is 61.2 Å². The fourth-order valence-electron chi connectivity index (χ4n) is 3.87. The minimum absolute atomic E-state index is 1.08. The van der Waals surface area contributed by atoms with Crippen molar-refractivity contribution in [3.05, 3.63) is 84.6 Å². The second-order valence-electron chi connectivity index (χ2n) is 6.70. The molecule has 3 aromatic carbocycles. The van der Waals surface area contributed by atoms with E-state index in [9.17, 15) is 0 Å². The molecule has 0 saturated carbocycles. The summed E-state index contributed by atoms with van der Waals surface area (Å²) in [5.41, 5.74) is 5.99. The number of allylic oxidation sites excluding steroid dienone is 1. The van der Waals surface area contributed by atoms with Crippen molar-refractivity contribution in [1.82, 2.24) is 4.98 Å². The molecule has 1 N–H and O–H groups in total. The molecular weight excluding hydrogens is 346 g/mol. The molecule has 5 aromatic rings. The van der Waals surface area contributed by atoms with Crippen molar-refractivity contribution in [3.8, 4) is 11.1 Å². The molecule has 2 heterocycles. The van der Waals surface area contributed by atoms with Crippen molar-refractivity contribution in [2.75, 3.05) is 0 Å². The topological polar surface area (TPSA) is 15.8 Å². The van der Waals surface area contributed by atoms with E-state index >= 15 is 0 Å². The number of nitrogens with one attached hydrogen (secondary N) is 1. The summed E-state index contributed by atoms with van der Waals surface area (Å²) in [7, 11) is 0. The summed E-state index contributed by atoms with van der Waals surface area (Å²) >= 11 is 1.87. The standard InChI is InChI=1S/C25H19NS/c1-3-8-19-21(4-2)26-22-13-12-18-20-15-17(16-9-6-5-7-10-16)11-14-23(20)27-25(18)24(19)22/h3-15,26H,2H2,1H3/b8-3-. The smallest absolute Gasteiger partial charge is 0.0479 e. The number of rotatable bonds is 3. The van der Waals surface area contributed by atoms with E-state index in [1.165, 1.54) is 47.8 Å². The van der Waals surface area contributed by atoms with Gasteiger partial charge in [-0.15, -0.1) is 11.3 Å². The molecule has 0 amide bonds. The predicted molar refractivity (Wildman–Crippen MR) is 121 cm³/mol. The minimum Gasteiger partial charge on any atom is -0.354 e. The van der Waals surface area contributed by atoms with Gasteiger partial charge in [-0.3, -0.25) is 0 Å². The van der Waals surface area contributed by atoms with Crippen LogP contribution >= 0.6 is 11.3 Å². The lowest BCUT2D eigenvalue weighted by molar-refractivity contribution is 1.42. The Bertz CT molecular complexity index is 1330. The number of hydrogen-bond donors (Lipinski definition) is 1. The van der Waals surface area contributed by atoms with Crippen LogP contribution < -0.4 is 0 Å². The number of thiophene rings is 1. The molecule has 27 heavy (non-hydrogen) atoms. The summed E-state index contributed by atoms with van der Waals surface area (Å²) in [4.78, 5) is 3.51. The SMILES string of the molecule is C=Cc1[nH]c2ccc3c4cc(-c5ccccc5)ccc4sc3c2c1/C=C\C. The lowest BCUT2D eigenvalue weighted by Crippen LogP contribution is -1.76. The highest BCUT2D eigenvalue weighted by Crippen LogP contribution is 2.42. The molecule has 0 bridgehead atoms. The first-order valence-electron chi connectivity index (χ1n) is 9.11. The molecule has 5 rings (SSSR count). The highest BCUT2D eigenvalue weighted by atomic mass is 32.1. The van der Waals surface area contributed by atoms with Crippen LogP contribution in [0.25, 0.3) is 54.4 Å². The van der Waals surface area contributed by atoms with Gasteiger partial charge in [0.15, 0.2) is 0 Å². The number of aromatic amines is 1. The van der Waals surface area contributed by atoms with Crippen molar-refractivity contribution in [2.24, 2.45) is 0 Å². The van der Waals surface area contributed by atoms with Crippen LogP contribution in [-0.2, 0) is 0 Å². The van der Waals surface area contributed by atoms with Crippen molar-refractivity contribution >= 4 is 54.6 Å². The summed E-state index contributed by atoms with van der Waals surface area (Å²) < 4.78 is 2.66. The Hall–Kier alpha value is -3.10. The number of fused-ring (bicyclic) bond motifs is 5. The molecule has 2 aromatic heterocycles. The van der Waals surface area contributed by atoms with Crippen molar-refractivity contribution in [2.45, 2.75) is 6.92 Å². The molecule has 0 atom stereocenters. The van der Waals surface area contributed by atoms with Gasteiger partial charge in [0.1, 0.15) is 0 Å². The van der Waals surface area contributed by atoms with Crippen molar-refractivity contribution < 1.29 is 0 Å². The number of benzene rings is 3. The lowest BCUT2D eigenvalue weighted by atomic mass is 10.0. The first-order valence-corrected chi connectivity index (χ1v) is 9.93. The van der Waals surface area contributed by atoms with Gasteiger partial charge in [0, 0.05) is 42.3 Å². The van der Waals surface area contributed by atoms with Gasteiger partial charge in [0.05, 0.1) is 0 Å². The minimum atomic E-state index is 1.08. The summed E-state index contributed by atoms with van der Waals surface area (Å²) in [6.45, 7) is 6.03. The van der Waals surface area contributed by atoms with Crippen LogP contribution in [0.2, 0.25) is 0 Å². The van der Waals surface area contributed by atoms with Crippen LogP contribution in [0.1, 0.15) is 18.2 Å². The average molecular weight is 366 g/mol. The van der Waals surface area contributed by atoms with Gasteiger partial charge >= 0.3 is 0 Å². The maximum atomic E-state index is 3.98. The van der Waals surface area contributed by atoms with E-state index < -0.39 is 0 Å². The lowest BCUT2D eigenvalue weighted by Gasteiger charge is -2.02.